The molecule has 0 radical (unpaired) electrons. The number of carbonyl (C=O) groups excluding carboxylic acids is 1. The van der Waals surface area contributed by atoms with Crippen LogP contribution in [0.3, 0.4) is 0 Å². The topological polar surface area (TPSA) is 38.3 Å². The van der Waals surface area contributed by atoms with E-state index in [0.717, 1.165) is 27.6 Å². The molecule has 0 saturated carbocycles. The maximum Gasteiger partial charge on any atom is 0.417 e. The third-order valence-electron chi connectivity index (χ3n) is 2.74. The van der Waals surface area contributed by atoms with Crippen LogP contribution in [-0.4, -0.2) is 6.09 Å². The van der Waals surface area contributed by atoms with Crippen LogP contribution in [0.1, 0.15) is 11.1 Å². The molecule has 3 rings (SSSR count). The minimum Gasteiger partial charge on any atom is -0.409 e. The Morgan fingerprint density at radius 2 is 1.75 bits per heavy atom. The molecule has 0 spiro atoms. The smallest absolute Gasteiger partial charge is 0.409 e. The molecule has 0 fully saturated rings. The van der Waals surface area contributed by atoms with Crippen molar-refractivity contribution in [1.29, 1.82) is 0 Å². The molecule has 3 heteroatoms. The Bertz CT molecular complexity index is 568. The second-order valence-electron chi connectivity index (χ2n) is 4.19. The number of anilines is 1. The summed E-state index contributed by atoms with van der Waals surface area (Å²) in [4.78, 5) is 11.4. The van der Waals surface area contributed by atoms with Crippen molar-refractivity contribution in [3.05, 3.63) is 35.4 Å². The normalized spacial score (nSPS) is 13.5. The zero-order valence-electron chi connectivity index (χ0n) is 9.13. The number of nitrogens with one attached hydrogen (secondary N) is 1. The average Bonchev–Trinajstić information content (AvgIpc) is 2.14. The number of ether oxygens (including phenoxy) is 1. The number of amides is 1. The van der Waals surface area contributed by atoms with Crippen molar-refractivity contribution in [1.82, 2.24) is 0 Å². The Labute approximate surface area is 93.0 Å². The second kappa shape index (κ2) is 2.98. The SMILES string of the molecule is Cc1cc2c3c(cc(C)cc3c1)OC(=O)N2. The van der Waals surface area contributed by atoms with E-state index in [9.17, 15) is 4.79 Å². The molecule has 1 heterocycles. The van der Waals surface area contributed by atoms with Gasteiger partial charge in [0.1, 0.15) is 5.75 Å². The Kier molecular flexibility index (Phi) is 1.72. The zero-order valence-corrected chi connectivity index (χ0v) is 9.13. The quantitative estimate of drug-likeness (QED) is 0.728. The molecule has 1 aliphatic rings. The Hall–Kier alpha value is -2.03. The van der Waals surface area contributed by atoms with E-state index in [1.807, 2.05) is 26.0 Å². The Morgan fingerprint density at radius 3 is 2.50 bits per heavy atom. The van der Waals surface area contributed by atoms with Crippen molar-refractivity contribution in [2.45, 2.75) is 13.8 Å². The van der Waals surface area contributed by atoms with Crippen LogP contribution in [0.15, 0.2) is 24.3 Å². The van der Waals surface area contributed by atoms with Gasteiger partial charge in [-0.3, -0.25) is 5.32 Å². The van der Waals surface area contributed by atoms with Crippen molar-refractivity contribution in [3.8, 4) is 5.75 Å². The van der Waals surface area contributed by atoms with Gasteiger partial charge in [0.15, 0.2) is 0 Å². The average molecular weight is 213 g/mol. The molecule has 0 atom stereocenters. The van der Waals surface area contributed by atoms with Gasteiger partial charge >= 0.3 is 6.09 Å². The van der Waals surface area contributed by atoms with Gasteiger partial charge in [0.2, 0.25) is 0 Å². The van der Waals surface area contributed by atoms with Crippen LogP contribution < -0.4 is 10.1 Å². The molecule has 0 unspecified atom stereocenters. The number of hydrogen-bond acceptors (Lipinski definition) is 2. The number of hydrogen-bond donors (Lipinski definition) is 1. The van der Waals surface area contributed by atoms with Crippen LogP contribution >= 0.6 is 0 Å². The van der Waals surface area contributed by atoms with Gasteiger partial charge in [0, 0.05) is 5.39 Å². The second-order valence-corrected chi connectivity index (χ2v) is 4.19. The summed E-state index contributed by atoms with van der Waals surface area (Å²) in [5.74, 6) is 0.647. The first-order valence-electron chi connectivity index (χ1n) is 5.17. The highest BCUT2D eigenvalue weighted by Crippen LogP contribution is 2.37. The van der Waals surface area contributed by atoms with Crippen molar-refractivity contribution in [2.75, 3.05) is 5.32 Å². The van der Waals surface area contributed by atoms with E-state index in [1.165, 1.54) is 0 Å². The largest absolute Gasteiger partial charge is 0.417 e. The van der Waals surface area contributed by atoms with Crippen molar-refractivity contribution >= 4 is 22.6 Å². The van der Waals surface area contributed by atoms with Crippen molar-refractivity contribution in [3.63, 3.8) is 0 Å². The van der Waals surface area contributed by atoms with Gasteiger partial charge in [-0.25, -0.2) is 4.79 Å². The molecule has 1 amide bonds. The number of benzene rings is 2. The maximum atomic E-state index is 11.4. The summed E-state index contributed by atoms with van der Waals surface area (Å²) in [6.45, 7) is 4.01. The monoisotopic (exact) mass is 213 g/mol. The lowest BCUT2D eigenvalue weighted by molar-refractivity contribution is 0.215. The third kappa shape index (κ3) is 1.25. The molecule has 0 bridgehead atoms. The maximum absolute atomic E-state index is 11.4. The molecule has 1 N–H and O–H groups in total. The molecule has 0 aromatic heterocycles. The fourth-order valence-corrected chi connectivity index (χ4v) is 2.18. The van der Waals surface area contributed by atoms with E-state index in [4.69, 9.17) is 4.74 Å². The van der Waals surface area contributed by atoms with Crippen LogP contribution in [0.2, 0.25) is 0 Å². The minimum absolute atomic E-state index is 0.412. The Morgan fingerprint density at radius 1 is 1.06 bits per heavy atom. The summed E-state index contributed by atoms with van der Waals surface area (Å²) in [6, 6.07) is 8.04. The molecule has 80 valence electrons. The zero-order chi connectivity index (χ0) is 11.3. The minimum atomic E-state index is -0.412. The van der Waals surface area contributed by atoms with Gasteiger partial charge in [-0.05, 0) is 42.5 Å². The lowest BCUT2D eigenvalue weighted by atomic mass is 10.0. The number of aryl methyl sites for hydroxylation is 2. The van der Waals surface area contributed by atoms with Crippen molar-refractivity contribution in [2.24, 2.45) is 0 Å². The summed E-state index contributed by atoms with van der Waals surface area (Å²) < 4.78 is 5.17. The van der Waals surface area contributed by atoms with Gasteiger partial charge in [-0.15, -0.1) is 0 Å². The molecule has 2 aromatic carbocycles. The Balaban J connectivity index is 2.46. The summed E-state index contributed by atoms with van der Waals surface area (Å²) in [7, 11) is 0. The fraction of sp³-hybridized carbons (Fsp3) is 0.154. The molecule has 3 nitrogen and oxygen atoms in total. The molecule has 2 aromatic rings. The molecule has 16 heavy (non-hydrogen) atoms. The predicted molar refractivity (Wildman–Crippen MR) is 63.1 cm³/mol. The van der Waals surface area contributed by atoms with Crippen LogP contribution in [0.25, 0.3) is 10.8 Å². The molecule has 0 saturated heterocycles. The highest BCUT2D eigenvalue weighted by Gasteiger charge is 2.19. The lowest BCUT2D eigenvalue weighted by Gasteiger charge is -2.19. The van der Waals surface area contributed by atoms with E-state index in [2.05, 4.69) is 17.4 Å². The van der Waals surface area contributed by atoms with E-state index in [1.54, 1.807) is 0 Å². The van der Waals surface area contributed by atoms with Gasteiger partial charge < -0.3 is 4.74 Å². The molecule has 0 aliphatic carbocycles. The summed E-state index contributed by atoms with van der Waals surface area (Å²) >= 11 is 0. The van der Waals surface area contributed by atoms with Crippen LogP contribution in [0.4, 0.5) is 10.5 Å². The van der Waals surface area contributed by atoms with Gasteiger partial charge in [0.05, 0.1) is 5.69 Å². The molecule has 1 aliphatic heterocycles. The van der Waals surface area contributed by atoms with E-state index >= 15 is 0 Å². The highest BCUT2D eigenvalue weighted by molar-refractivity contribution is 6.08. The number of rotatable bonds is 0. The fourth-order valence-electron chi connectivity index (χ4n) is 2.18. The van der Waals surface area contributed by atoms with Crippen LogP contribution in [0, 0.1) is 13.8 Å². The first-order valence-corrected chi connectivity index (χ1v) is 5.17. The van der Waals surface area contributed by atoms with Gasteiger partial charge in [0.25, 0.3) is 0 Å². The lowest BCUT2D eigenvalue weighted by Crippen LogP contribution is -2.21. The first-order chi connectivity index (χ1) is 7.63. The molecular weight excluding hydrogens is 202 g/mol. The number of carbonyl (C=O) groups is 1. The first kappa shape index (κ1) is 9.21. The standard InChI is InChI=1S/C13H11NO2/c1-7-3-9-4-8(2)6-11-12(9)10(5-7)14-13(15)16-11/h3-6H,1-2H3,(H,14,15). The third-order valence-corrected chi connectivity index (χ3v) is 2.74. The van der Waals surface area contributed by atoms with Gasteiger partial charge in [-0.2, -0.15) is 0 Å². The van der Waals surface area contributed by atoms with E-state index in [-0.39, 0.29) is 0 Å². The van der Waals surface area contributed by atoms with E-state index < -0.39 is 6.09 Å². The summed E-state index contributed by atoms with van der Waals surface area (Å²) in [6.07, 6.45) is -0.412. The van der Waals surface area contributed by atoms with Crippen LogP contribution in [0.5, 0.6) is 5.75 Å². The molecular formula is C13H11NO2. The summed E-state index contributed by atoms with van der Waals surface area (Å²) in [5.41, 5.74) is 3.05. The van der Waals surface area contributed by atoms with E-state index in [0.29, 0.717) is 5.75 Å². The van der Waals surface area contributed by atoms with Crippen LogP contribution in [-0.2, 0) is 0 Å². The summed E-state index contributed by atoms with van der Waals surface area (Å²) in [5, 5.41) is 4.81. The van der Waals surface area contributed by atoms with Gasteiger partial charge in [-0.1, -0.05) is 12.1 Å². The van der Waals surface area contributed by atoms with Crippen molar-refractivity contribution < 1.29 is 9.53 Å². The predicted octanol–water partition coefficient (Wildman–Crippen LogP) is 3.38. The highest BCUT2D eigenvalue weighted by atomic mass is 16.6.